The lowest BCUT2D eigenvalue weighted by atomic mass is 10.1. The number of benzene rings is 2. The van der Waals surface area contributed by atoms with Crippen molar-refractivity contribution in [2.45, 2.75) is 30.3 Å². The van der Waals surface area contributed by atoms with Crippen LogP contribution >= 0.6 is 0 Å². The van der Waals surface area contributed by atoms with Gasteiger partial charge >= 0.3 is 0 Å². The molecule has 0 unspecified atom stereocenters. The average Bonchev–Trinajstić information content (AvgIpc) is 3.16. The van der Waals surface area contributed by atoms with Crippen LogP contribution in [-0.2, 0) is 23.0 Å². The van der Waals surface area contributed by atoms with E-state index >= 15 is 0 Å². The number of aryl methyl sites for hydroxylation is 1. The van der Waals surface area contributed by atoms with Crippen LogP contribution in [0.1, 0.15) is 22.6 Å². The van der Waals surface area contributed by atoms with Gasteiger partial charge in [0.1, 0.15) is 12.2 Å². The second kappa shape index (κ2) is 7.43. The summed E-state index contributed by atoms with van der Waals surface area (Å²) in [5.74, 6) is 0.664. The van der Waals surface area contributed by atoms with Gasteiger partial charge in [-0.15, -0.1) is 0 Å². The largest absolute Gasteiger partial charge is 0.347 e. The molecule has 9 heteroatoms. The number of hydrogen-bond acceptors (Lipinski definition) is 5. The lowest BCUT2D eigenvalue weighted by molar-refractivity contribution is 0.0926. The molecule has 2 heterocycles. The summed E-state index contributed by atoms with van der Waals surface area (Å²) in [6.45, 7) is 0.571. The zero-order valence-corrected chi connectivity index (χ0v) is 15.8. The second-order valence-electron chi connectivity index (χ2n) is 6.57. The molecule has 1 atom stereocenters. The van der Waals surface area contributed by atoms with Crippen molar-refractivity contribution < 1.29 is 13.2 Å². The minimum atomic E-state index is -3.71. The molecule has 0 radical (unpaired) electrons. The van der Waals surface area contributed by atoms with Crippen molar-refractivity contribution in [3.8, 4) is 0 Å². The molecule has 0 spiro atoms. The summed E-state index contributed by atoms with van der Waals surface area (Å²) in [5.41, 5.74) is 0.719. The molecule has 144 valence electrons. The first-order valence-electron chi connectivity index (χ1n) is 8.87. The third-order valence-corrected chi connectivity index (χ3v) is 5.97. The third kappa shape index (κ3) is 3.89. The first-order valence-corrected chi connectivity index (χ1v) is 10.3. The van der Waals surface area contributed by atoms with Crippen molar-refractivity contribution in [3.63, 3.8) is 0 Å². The number of fused-ring (bicyclic) bond motifs is 1. The molecule has 2 aromatic carbocycles. The number of anilines is 1. The number of carbonyl (C=O) groups is 1. The van der Waals surface area contributed by atoms with Crippen LogP contribution < -0.4 is 10.0 Å². The second-order valence-corrected chi connectivity index (χ2v) is 8.25. The lowest BCUT2D eigenvalue weighted by Crippen LogP contribution is -2.41. The van der Waals surface area contributed by atoms with Crippen molar-refractivity contribution in [1.29, 1.82) is 0 Å². The van der Waals surface area contributed by atoms with Crippen molar-refractivity contribution >= 4 is 21.6 Å². The Morgan fingerprint density at radius 3 is 2.75 bits per heavy atom. The van der Waals surface area contributed by atoms with Crippen LogP contribution in [0.5, 0.6) is 0 Å². The van der Waals surface area contributed by atoms with Gasteiger partial charge in [-0.25, -0.2) is 18.1 Å². The van der Waals surface area contributed by atoms with Crippen LogP contribution in [0.25, 0.3) is 0 Å². The SMILES string of the molecule is O=C(N[C@@H]1CCc2ncnn2C1)c1cccc(NS(=O)(=O)c2ccccc2)c1. The molecular weight excluding hydrogens is 378 g/mol. The monoisotopic (exact) mass is 397 g/mol. The van der Waals surface area contributed by atoms with E-state index in [9.17, 15) is 13.2 Å². The molecule has 8 nitrogen and oxygen atoms in total. The van der Waals surface area contributed by atoms with Crippen molar-refractivity contribution in [3.05, 3.63) is 72.3 Å². The van der Waals surface area contributed by atoms with Crippen LogP contribution in [-0.4, -0.2) is 35.1 Å². The van der Waals surface area contributed by atoms with Gasteiger partial charge < -0.3 is 5.32 Å². The van der Waals surface area contributed by atoms with E-state index in [1.54, 1.807) is 41.1 Å². The van der Waals surface area contributed by atoms with E-state index in [0.717, 1.165) is 18.7 Å². The highest BCUT2D eigenvalue weighted by Crippen LogP contribution is 2.18. The fourth-order valence-corrected chi connectivity index (χ4v) is 4.23. The Hall–Kier alpha value is -3.20. The van der Waals surface area contributed by atoms with E-state index in [1.165, 1.54) is 24.5 Å². The number of hydrogen-bond donors (Lipinski definition) is 2. The number of nitrogens with zero attached hydrogens (tertiary/aromatic N) is 3. The molecular formula is C19H19N5O3S. The smallest absolute Gasteiger partial charge is 0.261 e. The Morgan fingerprint density at radius 2 is 1.93 bits per heavy atom. The zero-order valence-electron chi connectivity index (χ0n) is 14.9. The van der Waals surface area contributed by atoms with Gasteiger partial charge in [0.05, 0.1) is 11.4 Å². The van der Waals surface area contributed by atoms with Gasteiger partial charge in [-0.1, -0.05) is 24.3 Å². The summed E-state index contributed by atoms with van der Waals surface area (Å²) in [6.07, 6.45) is 3.05. The molecule has 28 heavy (non-hydrogen) atoms. The number of nitrogens with one attached hydrogen (secondary N) is 2. The fraction of sp³-hybridized carbons (Fsp3) is 0.211. The molecule has 2 N–H and O–H groups in total. The van der Waals surface area contributed by atoms with Gasteiger partial charge in [-0.05, 0) is 36.8 Å². The van der Waals surface area contributed by atoms with Gasteiger partial charge in [0.2, 0.25) is 0 Å². The van der Waals surface area contributed by atoms with E-state index in [2.05, 4.69) is 20.1 Å². The lowest BCUT2D eigenvalue weighted by Gasteiger charge is -2.23. The highest BCUT2D eigenvalue weighted by atomic mass is 32.2. The third-order valence-electron chi connectivity index (χ3n) is 4.57. The van der Waals surface area contributed by atoms with Crippen molar-refractivity contribution in [2.75, 3.05) is 4.72 Å². The van der Waals surface area contributed by atoms with E-state index < -0.39 is 10.0 Å². The molecule has 0 aliphatic carbocycles. The number of aromatic nitrogens is 3. The molecule has 1 aromatic heterocycles. The molecule has 0 saturated carbocycles. The number of amides is 1. The molecule has 1 amide bonds. The van der Waals surface area contributed by atoms with Gasteiger partial charge in [-0.3, -0.25) is 9.52 Å². The van der Waals surface area contributed by atoms with E-state index in [1.807, 2.05) is 0 Å². The number of rotatable bonds is 5. The summed E-state index contributed by atoms with van der Waals surface area (Å²) in [7, 11) is -3.71. The summed E-state index contributed by atoms with van der Waals surface area (Å²) < 4.78 is 29.2. The first kappa shape index (κ1) is 18.2. The molecule has 0 saturated heterocycles. The normalized spacial score (nSPS) is 16.2. The quantitative estimate of drug-likeness (QED) is 0.683. The Morgan fingerprint density at radius 1 is 1.11 bits per heavy atom. The Kier molecular flexibility index (Phi) is 4.82. The van der Waals surface area contributed by atoms with Crippen molar-refractivity contribution in [2.24, 2.45) is 0 Å². The maximum atomic E-state index is 12.6. The molecule has 4 rings (SSSR count). The van der Waals surface area contributed by atoms with Crippen LogP contribution in [0.2, 0.25) is 0 Å². The Labute approximate surface area is 162 Å². The number of sulfonamides is 1. The predicted octanol–water partition coefficient (Wildman–Crippen LogP) is 1.82. The van der Waals surface area contributed by atoms with E-state index in [4.69, 9.17) is 0 Å². The predicted molar refractivity (Wildman–Crippen MR) is 103 cm³/mol. The molecule has 1 aliphatic rings. The first-order chi connectivity index (χ1) is 13.5. The Bertz CT molecular complexity index is 1100. The summed E-state index contributed by atoms with van der Waals surface area (Å²) in [5, 5.41) is 7.13. The van der Waals surface area contributed by atoms with Crippen molar-refractivity contribution in [1.82, 2.24) is 20.1 Å². The summed E-state index contributed by atoms with van der Waals surface area (Å²) in [4.78, 5) is 17.0. The van der Waals surface area contributed by atoms with Gasteiger partial charge in [0.25, 0.3) is 15.9 Å². The van der Waals surface area contributed by atoms with Gasteiger partial charge in [0, 0.05) is 23.7 Å². The maximum Gasteiger partial charge on any atom is 0.261 e. The zero-order chi connectivity index (χ0) is 19.6. The molecule has 1 aliphatic heterocycles. The van der Waals surface area contributed by atoms with Crippen LogP contribution in [0.4, 0.5) is 5.69 Å². The minimum Gasteiger partial charge on any atom is -0.347 e. The van der Waals surface area contributed by atoms with Crippen LogP contribution in [0, 0.1) is 0 Å². The fourth-order valence-electron chi connectivity index (χ4n) is 3.16. The topological polar surface area (TPSA) is 106 Å². The molecule has 3 aromatic rings. The highest BCUT2D eigenvalue weighted by Gasteiger charge is 2.22. The van der Waals surface area contributed by atoms with Crippen LogP contribution in [0.3, 0.4) is 0 Å². The molecule has 0 fully saturated rings. The summed E-state index contributed by atoms with van der Waals surface area (Å²) in [6, 6.07) is 14.5. The van der Waals surface area contributed by atoms with E-state index in [0.29, 0.717) is 17.8 Å². The van der Waals surface area contributed by atoms with E-state index in [-0.39, 0.29) is 16.8 Å². The standard InChI is InChI=1S/C19H19N5O3S/c25-19(22-16-9-10-18-20-13-21-24(18)12-16)14-5-4-6-15(11-14)23-28(26,27)17-7-2-1-3-8-17/h1-8,11,13,16,23H,9-10,12H2,(H,22,25)/t16-/m1/s1. The molecule has 0 bridgehead atoms. The van der Waals surface area contributed by atoms with Gasteiger partial charge in [0.15, 0.2) is 0 Å². The van der Waals surface area contributed by atoms with Crippen LogP contribution in [0.15, 0.2) is 65.8 Å². The summed E-state index contributed by atoms with van der Waals surface area (Å²) >= 11 is 0. The van der Waals surface area contributed by atoms with Gasteiger partial charge in [-0.2, -0.15) is 5.10 Å². The number of carbonyl (C=O) groups excluding carboxylic acids is 1. The minimum absolute atomic E-state index is 0.0497. The highest BCUT2D eigenvalue weighted by molar-refractivity contribution is 7.92. The maximum absolute atomic E-state index is 12.6. The Balaban J connectivity index is 1.46. The average molecular weight is 397 g/mol.